The molecule has 116 valence electrons. The van der Waals surface area contributed by atoms with Crippen LogP contribution in [0.3, 0.4) is 0 Å². The fourth-order valence-electron chi connectivity index (χ4n) is 2.18. The zero-order valence-corrected chi connectivity index (χ0v) is 13.1. The Morgan fingerprint density at radius 1 is 1.27 bits per heavy atom. The number of amides is 1. The van der Waals surface area contributed by atoms with Gasteiger partial charge in [0, 0.05) is 5.41 Å². The fraction of sp³-hybridized carbons (Fsp3) is 0.294. The van der Waals surface area contributed by atoms with Gasteiger partial charge in [-0.25, -0.2) is 4.98 Å². The summed E-state index contributed by atoms with van der Waals surface area (Å²) in [7, 11) is 1.63. The van der Waals surface area contributed by atoms with Crippen molar-refractivity contribution < 1.29 is 9.53 Å². The van der Waals surface area contributed by atoms with Gasteiger partial charge in [-0.05, 0) is 30.2 Å². The molecule has 0 aliphatic heterocycles. The summed E-state index contributed by atoms with van der Waals surface area (Å²) in [6.07, 6.45) is 2.12. The van der Waals surface area contributed by atoms with Gasteiger partial charge in [-0.2, -0.15) is 0 Å². The molecule has 1 aromatic carbocycles. The van der Waals surface area contributed by atoms with Crippen molar-refractivity contribution in [1.82, 2.24) is 4.98 Å². The number of hydrogen-bond acceptors (Lipinski definition) is 4. The van der Waals surface area contributed by atoms with Crippen molar-refractivity contribution in [3.63, 3.8) is 0 Å². The number of benzene rings is 1. The fourth-order valence-corrected chi connectivity index (χ4v) is 2.18. The number of aromatic nitrogens is 1. The second-order valence-corrected chi connectivity index (χ2v) is 5.80. The predicted molar refractivity (Wildman–Crippen MR) is 87.8 cm³/mol. The highest BCUT2D eigenvalue weighted by atomic mass is 16.5. The Labute approximate surface area is 130 Å². The molecule has 0 atom stereocenters. The van der Waals surface area contributed by atoms with E-state index < -0.39 is 5.41 Å². The van der Waals surface area contributed by atoms with Crippen molar-refractivity contribution in [3.8, 4) is 5.75 Å². The van der Waals surface area contributed by atoms with E-state index in [0.29, 0.717) is 17.9 Å². The van der Waals surface area contributed by atoms with Crippen LogP contribution in [-0.2, 0) is 11.2 Å². The number of methoxy groups -OCH3 is 1. The summed E-state index contributed by atoms with van der Waals surface area (Å²) in [4.78, 5) is 16.5. The lowest BCUT2D eigenvalue weighted by Crippen LogP contribution is -2.32. The van der Waals surface area contributed by atoms with Crippen LogP contribution in [0.15, 0.2) is 42.6 Å². The number of pyridine rings is 1. The minimum atomic E-state index is -0.587. The average Bonchev–Trinajstić information content (AvgIpc) is 2.49. The van der Waals surface area contributed by atoms with Crippen LogP contribution in [-0.4, -0.2) is 18.0 Å². The highest BCUT2D eigenvalue weighted by Gasteiger charge is 2.29. The van der Waals surface area contributed by atoms with Crippen molar-refractivity contribution >= 4 is 17.4 Å². The van der Waals surface area contributed by atoms with E-state index in [1.165, 1.54) is 0 Å². The van der Waals surface area contributed by atoms with Crippen LogP contribution in [0.4, 0.5) is 11.5 Å². The third kappa shape index (κ3) is 3.75. The van der Waals surface area contributed by atoms with Crippen LogP contribution in [0.1, 0.15) is 19.4 Å². The smallest absolute Gasteiger partial charge is 0.230 e. The molecule has 0 aliphatic rings. The van der Waals surface area contributed by atoms with E-state index in [1.807, 2.05) is 38.1 Å². The summed E-state index contributed by atoms with van der Waals surface area (Å²) in [6, 6.07) is 11.1. The number of nitrogens with two attached hydrogens (primary N) is 1. The molecule has 22 heavy (non-hydrogen) atoms. The SMILES string of the molecule is COc1ccccc1CC(C)(C)C(=O)Nc1ccc(N)nc1. The molecule has 0 bridgehead atoms. The Morgan fingerprint density at radius 2 is 2.00 bits per heavy atom. The van der Waals surface area contributed by atoms with Gasteiger partial charge < -0.3 is 15.8 Å². The number of rotatable bonds is 5. The number of nitrogens with zero attached hydrogens (tertiary/aromatic N) is 1. The van der Waals surface area contributed by atoms with Crippen molar-refractivity contribution in [2.45, 2.75) is 20.3 Å². The normalized spacial score (nSPS) is 11.0. The molecule has 1 heterocycles. The maximum absolute atomic E-state index is 12.5. The monoisotopic (exact) mass is 299 g/mol. The molecule has 0 saturated heterocycles. The summed E-state index contributed by atoms with van der Waals surface area (Å²) in [5.74, 6) is 1.13. The molecule has 0 aliphatic carbocycles. The molecule has 5 nitrogen and oxygen atoms in total. The Hall–Kier alpha value is -2.56. The second kappa shape index (κ2) is 6.47. The molecule has 0 fully saturated rings. The standard InChI is InChI=1S/C17H21N3O2/c1-17(2,10-12-6-4-5-7-14(12)22-3)16(21)20-13-8-9-15(18)19-11-13/h4-9,11H,10H2,1-3H3,(H2,18,19)(H,20,21). The minimum absolute atomic E-state index is 0.0787. The molecule has 0 saturated carbocycles. The van der Waals surface area contributed by atoms with Gasteiger partial charge in [-0.15, -0.1) is 0 Å². The van der Waals surface area contributed by atoms with Crippen LogP contribution in [0, 0.1) is 5.41 Å². The molecular weight excluding hydrogens is 278 g/mol. The molecule has 5 heteroatoms. The quantitative estimate of drug-likeness (QED) is 0.890. The highest BCUT2D eigenvalue weighted by molar-refractivity contribution is 5.95. The first-order valence-corrected chi connectivity index (χ1v) is 7.07. The zero-order chi connectivity index (χ0) is 16.2. The van der Waals surface area contributed by atoms with E-state index in [4.69, 9.17) is 10.5 Å². The molecule has 0 unspecified atom stereocenters. The van der Waals surface area contributed by atoms with Gasteiger partial charge in [0.2, 0.25) is 5.91 Å². The van der Waals surface area contributed by atoms with E-state index in [1.54, 1.807) is 25.4 Å². The molecule has 0 spiro atoms. The molecule has 2 aromatic rings. The van der Waals surface area contributed by atoms with Crippen molar-refractivity contribution in [2.24, 2.45) is 5.41 Å². The third-order valence-corrected chi connectivity index (χ3v) is 3.48. The van der Waals surface area contributed by atoms with Crippen molar-refractivity contribution in [1.29, 1.82) is 0 Å². The number of carbonyl (C=O) groups excluding carboxylic acids is 1. The van der Waals surface area contributed by atoms with Crippen LogP contribution in [0.2, 0.25) is 0 Å². The van der Waals surface area contributed by atoms with Gasteiger partial charge in [0.15, 0.2) is 0 Å². The van der Waals surface area contributed by atoms with Gasteiger partial charge in [-0.3, -0.25) is 4.79 Å². The van der Waals surface area contributed by atoms with Gasteiger partial charge in [0.05, 0.1) is 19.0 Å². The minimum Gasteiger partial charge on any atom is -0.496 e. The Kier molecular flexibility index (Phi) is 4.65. The topological polar surface area (TPSA) is 77.2 Å². The molecule has 1 amide bonds. The number of carbonyl (C=O) groups is 1. The summed E-state index contributed by atoms with van der Waals surface area (Å²) < 4.78 is 5.35. The molecule has 1 aromatic heterocycles. The third-order valence-electron chi connectivity index (χ3n) is 3.48. The van der Waals surface area contributed by atoms with E-state index in [0.717, 1.165) is 11.3 Å². The number of nitrogen functional groups attached to an aromatic ring is 1. The lowest BCUT2D eigenvalue weighted by Gasteiger charge is -2.24. The van der Waals surface area contributed by atoms with E-state index in [2.05, 4.69) is 10.3 Å². The molecular formula is C17H21N3O2. The van der Waals surface area contributed by atoms with E-state index in [-0.39, 0.29) is 5.91 Å². The first-order chi connectivity index (χ1) is 10.4. The predicted octanol–water partition coefficient (Wildman–Crippen LogP) is 2.88. The summed E-state index contributed by atoms with van der Waals surface area (Å²) >= 11 is 0. The van der Waals surface area contributed by atoms with E-state index in [9.17, 15) is 4.79 Å². The lowest BCUT2D eigenvalue weighted by molar-refractivity contribution is -0.123. The van der Waals surface area contributed by atoms with Gasteiger partial charge in [0.1, 0.15) is 11.6 Å². The molecule has 3 N–H and O–H groups in total. The van der Waals surface area contributed by atoms with Crippen molar-refractivity contribution in [3.05, 3.63) is 48.2 Å². The van der Waals surface area contributed by atoms with Crippen LogP contribution < -0.4 is 15.8 Å². The summed E-state index contributed by atoms with van der Waals surface area (Å²) in [5, 5.41) is 2.87. The average molecular weight is 299 g/mol. The Morgan fingerprint density at radius 3 is 2.64 bits per heavy atom. The zero-order valence-electron chi connectivity index (χ0n) is 13.1. The number of para-hydroxylation sites is 1. The number of anilines is 2. The van der Waals surface area contributed by atoms with Gasteiger partial charge in [-0.1, -0.05) is 32.0 Å². The Balaban J connectivity index is 2.11. The Bertz CT molecular complexity index is 651. The second-order valence-electron chi connectivity index (χ2n) is 5.80. The van der Waals surface area contributed by atoms with Crippen LogP contribution >= 0.6 is 0 Å². The maximum atomic E-state index is 12.5. The first kappa shape index (κ1) is 15.8. The largest absolute Gasteiger partial charge is 0.496 e. The highest BCUT2D eigenvalue weighted by Crippen LogP contribution is 2.29. The van der Waals surface area contributed by atoms with Gasteiger partial charge in [0.25, 0.3) is 0 Å². The molecule has 0 radical (unpaired) electrons. The van der Waals surface area contributed by atoms with Crippen molar-refractivity contribution in [2.75, 3.05) is 18.2 Å². The maximum Gasteiger partial charge on any atom is 0.230 e. The lowest BCUT2D eigenvalue weighted by atomic mass is 9.84. The summed E-state index contributed by atoms with van der Waals surface area (Å²) in [5.41, 5.74) is 6.58. The number of ether oxygens (including phenoxy) is 1. The van der Waals surface area contributed by atoms with Crippen LogP contribution in [0.25, 0.3) is 0 Å². The van der Waals surface area contributed by atoms with Crippen LogP contribution in [0.5, 0.6) is 5.75 Å². The molecule has 2 rings (SSSR count). The van der Waals surface area contributed by atoms with E-state index >= 15 is 0 Å². The summed E-state index contributed by atoms with van der Waals surface area (Å²) in [6.45, 7) is 3.80. The number of hydrogen-bond donors (Lipinski definition) is 2. The number of nitrogens with one attached hydrogen (secondary N) is 1. The van der Waals surface area contributed by atoms with Gasteiger partial charge >= 0.3 is 0 Å². The first-order valence-electron chi connectivity index (χ1n) is 7.07.